The van der Waals surface area contributed by atoms with Crippen LogP contribution in [0.3, 0.4) is 0 Å². The van der Waals surface area contributed by atoms with Crippen LogP contribution in [-0.4, -0.2) is 53.6 Å². The molecule has 0 aliphatic carbocycles. The van der Waals surface area contributed by atoms with Crippen molar-refractivity contribution in [3.8, 4) is 0 Å². The molecule has 0 aromatic rings. The van der Waals surface area contributed by atoms with Crippen LogP contribution in [0.25, 0.3) is 0 Å². The fraction of sp³-hybridized carbons (Fsp3) is 1.00. The molecule has 0 aromatic heterocycles. The molecule has 1 aliphatic rings. The summed E-state index contributed by atoms with van der Waals surface area (Å²) >= 11 is 1.85. The number of hydrogen-bond donors (Lipinski definition) is 2. The van der Waals surface area contributed by atoms with Crippen molar-refractivity contribution in [2.75, 3.05) is 6.54 Å². The molecule has 1 aliphatic heterocycles. The lowest BCUT2D eigenvalue weighted by Crippen LogP contribution is -2.48. The highest BCUT2D eigenvalue weighted by molar-refractivity contribution is 6.39. The zero-order chi connectivity index (χ0) is 6.91. The van der Waals surface area contributed by atoms with E-state index in [-0.39, 0.29) is 3.32 Å². The standard InChI is InChI=1S/C5H9NO.2Al.4H/c7-4-5-2-1-3-6-5;;;;;;/h5-7H,1-3H2;;;;;;/t5-;;;;;;/m0....../s1. The van der Waals surface area contributed by atoms with E-state index >= 15 is 0 Å². The van der Waals surface area contributed by atoms with Gasteiger partial charge in [0.15, 0.2) is 0 Å². The summed E-state index contributed by atoms with van der Waals surface area (Å²) in [7, 11) is 0. The van der Waals surface area contributed by atoms with Crippen LogP contribution in [0.15, 0.2) is 0 Å². The number of aliphatic hydroxyl groups is 1. The van der Waals surface area contributed by atoms with Gasteiger partial charge in [0.05, 0.1) is 0 Å². The third-order valence-electron chi connectivity index (χ3n) is 1.91. The van der Waals surface area contributed by atoms with Crippen molar-refractivity contribution in [3.05, 3.63) is 0 Å². The third-order valence-corrected chi connectivity index (χ3v) is 3.31. The Labute approximate surface area is 71.9 Å². The van der Waals surface area contributed by atoms with Gasteiger partial charge in [-0.15, -0.1) is 0 Å². The maximum absolute atomic E-state index is 9.58. The molecule has 2 nitrogen and oxygen atoms in total. The van der Waals surface area contributed by atoms with Crippen molar-refractivity contribution in [2.45, 2.75) is 22.2 Å². The Hall–Kier alpha value is 0.985. The molecule has 0 aromatic carbocycles. The molecule has 0 spiro atoms. The Morgan fingerprint density at radius 3 is 2.44 bits per heavy atom. The normalized spacial score (nSPS) is 28.8. The van der Waals surface area contributed by atoms with Gasteiger partial charge in [-0.1, -0.05) is 0 Å². The van der Waals surface area contributed by atoms with Crippen LogP contribution < -0.4 is 5.32 Å². The van der Waals surface area contributed by atoms with Crippen LogP contribution in [0.2, 0.25) is 0 Å². The molecule has 1 atom stereocenters. The van der Waals surface area contributed by atoms with Gasteiger partial charge in [0.2, 0.25) is 32.6 Å². The van der Waals surface area contributed by atoms with Crippen LogP contribution in [0, 0.1) is 0 Å². The first-order valence-electron chi connectivity index (χ1n) is 3.56. The highest BCUT2D eigenvalue weighted by Gasteiger charge is 2.28. The van der Waals surface area contributed by atoms with Gasteiger partial charge in [-0.05, 0) is 22.7 Å². The van der Waals surface area contributed by atoms with E-state index in [9.17, 15) is 5.11 Å². The van der Waals surface area contributed by atoms with Crippen molar-refractivity contribution in [1.29, 1.82) is 0 Å². The summed E-state index contributed by atoms with van der Waals surface area (Å²) in [5.74, 6) is 0. The van der Waals surface area contributed by atoms with E-state index in [2.05, 4.69) is 5.32 Å². The second kappa shape index (κ2) is 2.93. The molecular weight excluding hydrogens is 144 g/mol. The molecule has 9 heavy (non-hydrogen) atoms. The summed E-state index contributed by atoms with van der Waals surface area (Å²) in [4.78, 5) is 0. The Kier molecular flexibility index (Phi) is 2.63. The number of rotatable bonds is 1. The first-order chi connectivity index (χ1) is 4.11. The molecule has 0 radical (unpaired) electrons. The maximum atomic E-state index is 9.58. The molecule has 0 amide bonds. The lowest BCUT2D eigenvalue weighted by Gasteiger charge is -2.26. The van der Waals surface area contributed by atoms with Crippen LogP contribution >= 0.6 is 0 Å². The molecular formula is C5H13Al2NO. The maximum Gasteiger partial charge on any atom is 0.241 e. The van der Waals surface area contributed by atoms with Crippen molar-refractivity contribution in [2.24, 2.45) is 0 Å². The van der Waals surface area contributed by atoms with E-state index in [1.807, 2.05) is 0 Å². The fourth-order valence-corrected chi connectivity index (χ4v) is 2.27. The van der Waals surface area contributed by atoms with Gasteiger partial charge in [-0.3, -0.25) is 0 Å². The Morgan fingerprint density at radius 1 is 1.56 bits per heavy atom. The Balaban J connectivity index is 2.42. The summed E-state index contributed by atoms with van der Waals surface area (Å²) in [6, 6.07) is 0.441. The molecule has 0 bridgehead atoms. The lowest BCUT2D eigenvalue weighted by atomic mass is 10.2. The number of nitrogens with one attached hydrogen (secondary N) is 1. The Bertz CT molecular complexity index is 95.6. The smallest absolute Gasteiger partial charge is 0.241 e. The zero-order valence-electron chi connectivity index (χ0n) is 6.15. The van der Waals surface area contributed by atoms with E-state index in [1.54, 1.807) is 0 Å². The zero-order valence-corrected chi connectivity index (χ0v) is 10.1. The van der Waals surface area contributed by atoms with E-state index < -0.39 is 0 Å². The Morgan fingerprint density at radius 2 is 2.22 bits per heavy atom. The van der Waals surface area contributed by atoms with Gasteiger partial charge in [-0.2, -0.15) is 0 Å². The predicted molar refractivity (Wildman–Crippen MR) is 43.1 cm³/mol. The number of hydrogen-bond acceptors (Lipinski definition) is 2. The molecule has 50 valence electrons. The highest BCUT2D eigenvalue weighted by Crippen LogP contribution is 2.12. The second-order valence-corrected chi connectivity index (χ2v) is 9.35. The first kappa shape index (κ1) is 8.09. The van der Waals surface area contributed by atoms with Gasteiger partial charge in [0.25, 0.3) is 0 Å². The van der Waals surface area contributed by atoms with E-state index in [0.29, 0.717) is 6.04 Å². The van der Waals surface area contributed by atoms with Crippen molar-refractivity contribution >= 4 is 32.6 Å². The summed E-state index contributed by atoms with van der Waals surface area (Å²) in [6.45, 7) is 1.11. The molecule has 1 heterocycles. The molecule has 0 saturated carbocycles. The summed E-state index contributed by atoms with van der Waals surface area (Å²) in [5, 5.41) is 12.9. The molecule has 4 heteroatoms. The van der Waals surface area contributed by atoms with Gasteiger partial charge in [0, 0.05) is 6.04 Å². The van der Waals surface area contributed by atoms with Crippen molar-refractivity contribution in [1.82, 2.24) is 5.32 Å². The summed E-state index contributed by atoms with van der Waals surface area (Å²) in [6.07, 6.45) is 2.43. The van der Waals surface area contributed by atoms with Crippen LogP contribution in [-0.2, 0) is 0 Å². The quantitative estimate of drug-likeness (QED) is 0.418. The van der Waals surface area contributed by atoms with Crippen molar-refractivity contribution in [3.63, 3.8) is 0 Å². The first-order valence-corrected chi connectivity index (χ1v) is 5.56. The average Bonchev–Trinajstić information content (AvgIpc) is 2.08. The minimum absolute atomic E-state index is 0.253. The third kappa shape index (κ3) is 2.24. The molecule has 1 saturated heterocycles. The second-order valence-electron chi connectivity index (χ2n) is 3.30. The predicted octanol–water partition coefficient (Wildman–Crippen LogP) is -2.35. The topological polar surface area (TPSA) is 32.3 Å². The molecule has 1 rings (SSSR count). The van der Waals surface area contributed by atoms with E-state index in [0.717, 1.165) is 39.1 Å². The summed E-state index contributed by atoms with van der Waals surface area (Å²) in [5.41, 5.74) is 0. The SMILES string of the molecule is O[C]([AlH2])([AlH2])[C@@H]1CCCN1. The van der Waals surface area contributed by atoms with Crippen LogP contribution in [0.4, 0.5) is 0 Å². The van der Waals surface area contributed by atoms with Crippen LogP contribution in [0.1, 0.15) is 12.8 Å². The lowest BCUT2D eigenvalue weighted by molar-refractivity contribution is 0.171. The molecule has 0 unspecified atom stereocenters. The highest BCUT2D eigenvalue weighted by atomic mass is 27.1. The minimum Gasteiger partial charge on any atom is -0.419 e. The van der Waals surface area contributed by atoms with E-state index in [4.69, 9.17) is 0 Å². The van der Waals surface area contributed by atoms with Crippen LogP contribution in [0.5, 0.6) is 0 Å². The summed E-state index contributed by atoms with van der Waals surface area (Å²) < 4.78 is -0.253. The van der Waals surface area contributed by atoms with E-state index in [1.165, 1.54) is 12.8 Å². The average molecular weight is 157 g/mol. The van der Waals surface area contributed by atoms with Gasteiger partial charge in [0.1, 0.15) is 0 Å². The monoisotopic (exact) mass is 157 g/mol. The fourth-order valence-electron chi connectivity index (χ4n) is 1.29. The van der Waals surface area contributed by atoms with Crippen molar-refractivity contribution < 1.29 is 5.11 Å². The van der Waals surface area contributed by atoms with Gasteiger partial charge < -0.3 is 10.4 Å². The van der Waals surface area contributed by atoms with Gasteiger partial charge >= 0.3 is 0 Å². The molecule has 1 fully saturated rings. The molecule has 2 N–H and O–H groups in total. The van der Waals surface area contributed by atoms with Gasteiger partial charge in [-0.25, -0.2) is 0 Å². The minimum atomic E-state index is -0.253. The largest absolute Gasteiger partial charge is 0.419 e.